The summed E-state index contributed by atoms with van der Waals surface area (Å²) in [6, 6.07) is 1.67. The summed E-state index contributed by atoms with van der Waals surface area (Å²) < 4.78 is 12.3. The monoisotopic (exact) mass is 378 g/mol. The van der Waals surface area contributed by atoms with Gasteiger partial charge in [-0.15, -0.1) is 0 Å². The van der Waals surface area contributed by atoms with Gasteiger partial charge in [0, 0.05) is 19.3 Å². The van der Waals surface area contributed by atoms with Crippen LogP contribution < -0.4 is 10.1 Å². The number of allylic oxidation sites excluding steroid dienone is 1. The molecule has 0 unspecified atom stereocenters. The Labute approximate surface area is 155 Å². The molecule has 0 saturated carbocycles. The second kappa shape index (κ2) is 8.13. The van der Waals surface area contributed by atoms with Crippen molar-refractivity contribution in [1.82, 2.24) is 14.9 Å². The minimum Gasteiger partial charge on any atom is -0.465 e. The number of nitrogens with one attached hydrogen (secondary N) is 2. The number of ether oxygens (including phenoxy) is 2. The minimum atomic E-state index is -0.534. The third kappa shape index (κ3) is 5.16. The number of aromatic nitrogens is 2. The molecule has 0 aliphatic rings. The third-order valence-corrected chi connectivity index (χ3v) is 4.11. The average Bonchev–Trinajstić information content (AvgIpc) is 2.86. The Morgan fingerprint density at radius 3 is 2.77 bits per heavy atom. The summed E-state index contributed by atoms with van der Waals surface area (Å²) in [6.07, 6.45) is 4.57. The maximum atomic E-state index is 11.6. The van der Waals surface area contributed by atoms with Gasteiger partial charge in [-0.1, -0.05) is 23.5 Å². The molecule has 0 saturated heterocycles. The van der Waals surface area contributed by atoms with Crippen LogP contribution in [-0.4, -0.2) is 40.9 Å². The lowest BCUT2D eigenvalue weighted by molar-refractivity contribution is 0.0532. The Morgan fingerprint density at radius 2 is 2.12 bits per heavy atom. The highest BCUT2D eigenvalue weighted by Crippen LogP contribution is 2.17. The predicted octanol–water partition coefficient (Wildman–Crippen LogP) is 2.44. The second-order valence-electron chi connectivity index (χ2n) is 6.41. The lowest BCUT2D eigenvalue weighted by atomic mass is 10.2. The fourth-order valence-corrected chi connectivity index (χ4v) is 3.01. The number of carbonyl (C=O) groups excluding carboxylic acids is 2. The third-order valence-electron chi connectivity index (χ3n) is 3.18. The number of hydrogen-bond donors (Lipinski definition) is 2. The van der Waals surface area contributed by atoms with E-state index in [1.54, 1.807) is 37.5 Å². The number of methoxy groups -OCH3 is 1. The number of amides is 1. The highest BCUT2D eigenvalue weighted by Gasteiger charge is 2.15. The highest BCUT2D eigenvalue weighted by atomic mass is 32.1. The van der Waals surface area contributed by atoms with Gasteiger partial charge in [0.25, 0.3) is 0 Å². The van der Waals surface area contributed by atoms with Gasteiger partial charge in [-0.05, 0) is 26.8 Å². The molecule has 8 nitrogen and oxygen atoms in total. The van der Waals surface area contributed by atoms with Gasteiger partial charge in [0.15, 0.2) is 10.4 Å². The van der Waals surface area contributed by atoms with E-state index < -0.39 is 17.7 Å². The van der Waals surface area contributed by atoms with Crippen molar-refractivity contribution in [3.05, 3.63) is 34.8 Å². The first-order valence-corrected chi connectivity index (χ1v) is 8.77. The molecule has 0 aromatic carbocycles. The first kappa shape index (κ1) is 19.6. The predicted molar refractivity (Wildman–Crippen MR) is 98.2 cm³/mol. The fraction of sp³-hybridized carbons (Fsp3) is 0.412. The normalized spacial score (nSPS) is 11.7. The van der Waals surface area contributed by atoms with E-state index in [2.05, 4.69) is 15.0 Å². The summed E-state index contributed by atoms with van der Waals surface area (Å²) in [4.78, 5) is 27.7. The van der Waals surface area contributed by atoms with Crippen molar-refractivity contribution < 1.29 is 19.1 Å². The van der Waals surface area contributed by atoms with Gasteiger partial charge in [-0.3, -0.25) is 9.98 Å². The van der Waals surface area contributed by atoms with Crippen molar-refractivity contribution in [2.75, 3.05) is 13.7 Å². The maximum absolute atomic E-state index is 11.6. The van der Waals surface area contributed by atoms with Crippen molar-refractivity contribution in [3.8, 4) is 0 Å². The number of carbonyl (C=O) groups is 2. The Hall–Kier alpha value is -2.68. The number of rotatable bonds is 5. The first-order valence-electron chi connectivity index (χ1n) is 7.95. The molecule has 9 heteroatoms. The zero-order valence-electron chi connectivity index (χ0n) is 15.2. The second-order valence-corrected chi connectivity index (χ2v) is 7.44. The summed E-state index contributed by atoms with van der Waals surface area (Å²) in [6.45, 7) is 6.16. The van der Waals surface area contributed by atoms with Crippen LogP contribution in [0.1, 0.15) is 31.1 Å². The number of nitrogens with zero attached hydrogens (tertiary/aromatic N) is 2. The molecule has 140 valence electrons. The molecular weight excluding hydrogens is 356 g/mol. The Balaban J connectivity index is 2.00. The van der Waals surface area contributed by atoms with Gasteiger partial charge in [-0.25, -0.2) is 14.6 Å². The number of pyridine rings is 1. The molecule has 1 amide bonds. The molecule has 2 heterocycles. The smallest absolute Gasteiger partial charge is 0.407 e. The summed E-state index contributed by atoms with van der Waals surface area (Å²) in [5.74, 6) is -0.459. The van der Waals surface area contributed by atoms with Crippen molar-refractivity contribution in [2.45, 2.75) is 32.9 Å². The van der Waals surface area contributed by atoms with Gasteiger partial charge in [0.05, 0.1) is 17.4 Å². The SMILES string of the molecule is COC(=O)c1cnc2c(c1)sc(=N)n2CC=CCNC(=O)OC(C)(C)C. The molecule has 2 N–H and O–H groups in total. The maximum Gasteiger partial charge on any atom is 0.407 e. The molecule has 0 aliphatic carbocycles. The molecule has 0 spiro atoms. The van der Waals surface area contributed by atoms with Crippen molar-refractivity contribution >= 4 is 33.7 Å². The van der Waals surface area contributed by atoms with Gasteiger partial charge < -0.3 is 14.8 Å². The van der Waals surface area contributed by atoms with Crippen LogP contribution in [-0.2, 0) is 16.0 Å². The van der Waals surface area contributed by atoms with E-state index in [0.29, 0.717) is 29.1 Å². The van der Waals surface area contributed by atoms with Crippen LogP contribution in [0.4, 0.5) is 4.79 Å². The van der Waals surface area contributed by atoms with Gasteiger partial charge >= 0.3 is 12.1 Å². The van der Waals surface area contributed by atoms with Crippen molar-refractivity contribution in [2.24, 2.45) is 0 Å². The van der Waals surface area contributed by atoms with E-state index in [9.17, 15) is 9.59 Å². The number of thiazole rings is 1. The van der Waals surface area contributed by atoms with Gasteiger partial charge in [0.1, 0.15) is 5.60 Å². The highest BCUT2D eigenvalue weighted by molar-refractivity contribution is 7.16. The standard InChI is InChI=1S/C17H22N4O4S/c1-17(2,3)25-16(23)19-7-5-6-8-21-13-12(26-15(21)18)9-11(10-20-13)14(22)24-4/h5-6,9-10,18H,7-8H2,1-4H3,(H,19,23). The number of fused-ring (bicyclic) bond motifs is 1. The van der Waals surface area contributed by atoms with E-state index in [1.165, 1.54) is 24.6 Å². The van der Waals surface area contributed by atoms with Crippen LogP contribution in [0.15, 0.2) is 24.4 Å². The largest absolute Gasteiger partial charge is 0.465 e. The molecule has 0 aliphatic heterocycles. The Bertz CT molecular complexity index is 892. The summed E-state index contributed by atoms with van der Waals surface area (Å²) in [5.41, 5.74) is 0.441. The topological polar surface area (TPSA) is 106 Å². The fourth-order valence-electron chi connectivity index (χ4n) is 2.09. The average molecular weight is 378 g/mol. The zero-order chi connectivity index (χ0) is 19.3. The van der Waals surface area contributed by atoms with Crippen LogP contribution in [0.5, 0.6) is 0 Å². The van der Waals surface area contributed by atoms with E-state index in [0.717, 1.165) is 4.70 Å². The van der Waals surface area contributed by atoms with E-state index in [-0.39, 0.29) is 0 Å². The number of hydrogen-bond acceptors (Lipinski definition) is 7. The first-order chi connectivity index (χ1) is 12.2. The lowest BCUT2D eigenvalue weighted by Crippen LogP contribution is -2.32. The number of alkyl carbamates (subject to hydrolysis) is 1. The van der Waals surface area contributed by atoms with Gasteiger partial charge in [-0.2, -0.15) is 0 Å². The molecule has 0 atom stereocenters. The molecule has 2 rings (SSSR count). The quantitative estimate of drug-likeness (QED) is 0.614. The summed E-state index contributed by atoms with van der Waals surface area (Å²) in [5, 5.41) is 10.7. The van der Waals surface area contributed by atoms with Gasteiger partial charge in [0.2, 0.25) is 0 Å². The molecule has 0 fully saturated rings. The van der Waals surface area contributed by atoms with Crippen molar-refractivity contribution in [3.63, 3.8) is 0 Å². The van der Waals surface area contributed by atoms with Crippen LogP contribution in [0.3, 0.4) is 0 Å². The van der Waals surface area contributed by atoms with E-state index >= 15 is 0 Å². The zero-order valence-corrected chi connectivity index (χ0v) is 16.0. The van der Waals surface area contributed by atoms with Crippen LogP contribution >= 0.6 is 11.3 Å². The van der Waals surface area contributed by atoms with Crippen LogP contribution in [0.25, 0.3) is 10.3 Å². The summed E-state index contributed by atoms with van der Waals surface area (Å²) in [7, 11) is 1.31. The minimum absolute atomic E-state index is 0.319. The number of esters is 1. The van der Waals surface area contributed by atoms with Crippen LogP contribution in [0, 0.1) is 5.41 Å². The molecule has 26 heavy (non-hydrogen) atoms. The van der Waals surface area contributed by atoms with Crippen LogP contribution in [0.2, 0.25) is 0 Å². The lowest BCUT2D eigenvalue weighted by Gasteiger charge is -2.19. The Kier molecular flexibility index (Phi) is 6.14. The van der Waals surface area contributed by atoms with E-state index in [1.807, 2.05) is 6.08 Å². The summed E-state index contributed by atoms with van der Waals surface area (Å²) >= 11 is 1.23. The molecule has 0 radical (unpaired) electrons. The van der Waals surface area contributed by atoms with Crippen molar-refractivity contribution in [1.29, 1.82) is 5.41 Å². The molecule has 0 bridgehead atoms. The molecule has 2 aromatic heterocycles. The molecule has 2 aromatic rings. The van der Waals surface area contributed by atoms with E-state index in [4.69, 9.17) is 10.1 Å². The molecular formula is C17H22N4O4S. The Morgan fingerprint density at radius 1 is 1.38 bits per heavy atom.